The van der Waals surface area contributed by atoms with Gasteiger partial charge in [-0.1, -0.05) is 0 Å². The molecule has 0 N–H and O–H groups in total. The second kappa shape index (κ2) is 4.14. The Balaban J connectivity index is 3.03. The Morgan fingerprint density at radius 2 is 1.83 bits per heavy atom. The summed E-state index contributed by atoms with van der Waals surface area (Å²) in [5.41, 5.74) is 0.363. The molecule has 0 bridgehead atoms. The fourth-order valence-corrected chi connectivity index (χ4v) is 1.48. The van der Waals surface area contributed by atoms with Gasteiger partial charge in [0.15, 0.2) is 0 Å². The molecule has 1 aromatic carbocycles. The third kappa shape index (κ3) is 2.38. The van der Waals surface area contributed by atoms with Crippen molar-refractivity contribution in [3.8, 4) is 0 Å². The summed E-state index contributed by atoms with van der Waals surface area (Å²) in [6, 6.07) is 5.95. The van der Waals surface area contributed by atoms with Crippen molar-refractivity contribution < 1.29 is 8.84 Å². The molecule has 64 valence electrons. The number of hydrogen-bond donors (Lipinski definition) is 0. The van der Waals surface area contributed by atoms with Gasteiger partial charge in [0.05, 0.1) is 0 Å². The Bertz CT molecular complexity index is 363. The zero-order valence-electron chi connectivity index (χ0n) is 5.79. The van der Waals surface area contributed by atoms with Crippen LogP contribution >= 0.6 is 22.3 Å². The van der Waals surface area contributed by atoms with Crippen molar-refractivity contribution in [3.05, 3.63) is 29.8 Å². The van der Waals surface area contributed by atoms with Crippen molar-refractivity contribution in [2.45, 2.75) is 4.90 Å². The average molecular weight is 223 g/mol. The second-order valence-corrected chi connectivity index (χ2v) is 4.12. The fraction of sp³-hybridized carbons (Fsp3) is 0. The predicted octanol–water partition coefficient (Wildman–Crippen LogP) is 2.54. The Morgan fingerprint density at radius 3 is 2.17 bits per heavy atom. The van der Waals surface area contributed by atoms with Crippen LogP contribution in [0.4, 0.5) is 0 Å². The molecule has 0 aliphatic heterocycles. The molecule has 0 spiro atoms. The van der Waals surface area contributed by atoms with Gasteiger partial charge in [0.2, 0.25) is 0 Å². The molecule has 0 aliphatic carbocycles. The minimum absolute atomic E-state index is 0.363. The molecule has 0 unspecified atom stereocenters. The van der Waals surface area contributed by atoms with E-state index >= 15 is 0 Å². The van der Waals surface area contributed by atoms with Gasteiger partial charge in [0.1, 0.15) is 0 Å². The van der Waals surface area contributed by atoms with Crippen molar-refractivity contribution in [2.75, 3.05) is 0 Å². The van der Waals surface area contributed by atoms with Crippen molar-refractivity contribution in [1.82, 2.24) is 0 Å². The number of carbonyl (C=O) groups is 1. The van der Waals surface area contributed by atoms with Crippen LogP contribution in [-0.4, -0.2) is 5.24 Å². The van der Waals surface area contributed by atoms with Crippen LogP contribution in [0.1, 0.15) is 10.4 Å². The van der Waals surface area contributed by atoms with Gasteiger partial charge in [0, 0.05) is 0 Å². The number of hydrogen-bond acceptors (Lipinski definition) is 2. The molecule has 0 saturated heterocycles. The van der Waals surface area contributed by atoms with Gasteiger partial charge in [-0.3, -0.25) is 0 Å². The maximum atomic E-state index is 10.7. The average Bonchev–Trinajstić information content (AvgIpc) is 2.04. The second-order valence-electron chi connectivity index (χ2n) is 2.02. The Labute approximate surface area is 81.1 Å². The van der Waals surface area contributed by atoms with Crippen LogP contribution in [0, 0.1) is 0 Å². The summed E-state index contributed by atoms with van der Waals surface area (Å²) in [7, 11) is 3.76. The first-order valence-corrected chi connectivity index (χ1v) is 5.34. The van der Waals surface area contributed by atoms with E-state index in [4.69, 9.17) is 22.3 Å². The zero-order chi connectivity index (χ0) is 9.14. The maximum absolute atomic E-state index is 10.7. The van der Waals surface area contributed by atoms with Crippen LogP contribution in [0.5, 0.6) is 0 Å². The molecule has 12 heavy (non-hydrogen) atoms. The van der Waals surface area contributed by atoms with E-state index in [0.29, 0.717) is 10.5 Å². The van der Waals surface area contributed by atoms with Gasteiger partial charge in [-0.05, 0) is 0 Å². The quantitative estimate of drug-likeness (QED) is 0.409. The van der Waals surface area contributed by atoms with Crippen LogP contribution in [0.15, 0.2) is 29.2 Å². The Kier molecular flexibility index (Phi) is 3.40. The first-order valence-electron chi connectivity index (χ1n) is 2.99. The predicted molar refractivity (Wildman–Crippen MR) is 48.8 cm³/mol. The molecule has 0 radical (unpaired) electrons. The van der Waals surface area contributed by atoms with E-state index in [1.165, 1.54) is 24.3 Å². The number of carbonyl (C=O) groups excluding carboxylic acids is 1. The van der Waals surface area contributed by atoms with Gasteiger partial charge in [-0.15, -0.1) is 0 Å². The van der Waals surface area contributed by atoms with Gasteiger partial charge in [-0.2, -0.15) is 0 Å². The molecule has 0 aromatic heterocycles. The molecule has 5 heteroatoms. The summed E-state index contributed by atoms with van der Waals surface area (Å²) in [5, 5.41) is -0.540. The van der Waals surface area contributed by atoms with Crippen LogP contribution in [-0.2, 0) is 13.9 Å². The summed E-state index contributed by atoms with van der Waals surface area (Å²) < 4.78 is 10.7. The van der Waals surface area contributed by atoms with Gasteiger partial charge in [0.25, 0.3) is 0 Å². The van der Waals surface area contributed by atoms with Crippen LogP contribution in [0.2, 0.25) is 0 Å². The van der Waals surface area contributed by atoms with E-state index < -0.39 is 15.1 Å². The number of benzene rings is 1. The van der Waals surface area contributed by atoms with Crippen LogP contribution in [0.25, 0.3) is 0 Å². The molecule has 0 heterocycles. The topological polar surface area (TPSA) is 37.0 Å². The molecule has 0 amide bonds. The normalized spacial score (nSPS) is 10.2. The standard InChI is InChI=1S/C7H4Cl2O2S/c8-7(10)5-1-3-6(4-2-5)12(9)11/h1-4H. The molecule has 0 atom stereocenters. The van der Waals surface area contributed by atoms with E-state index in [9.17, 15) is 8.84 Å². The Hall–Kier alpha value is -0.220. The molecule has 2 nitrogen and oxygen atoms in total. The summed E-state index contributed by atoms with van der Waals surface area (Å²) in [6.45, 7) is 0. The molecular formula is C7H4Cl2O2S. The van der Waals surface area contributed by atoms with Gasteiger partial charge in [-0.25, -0.2) is 0 Å². The van der Waals surface area contributed by atoms with Crippen molar-refractivity contribution in [2.24, 2.45) is 0 Å². The van der Waals surface area contributed by atoms with E-state index in [-0.39, 0.29) is 0 Å². The Morgan fingerprint density at radius 1 is 1.33 bits per heavy atom. The summed E-state index contributed by atoms with van der Waals surface area (Å²) >= 11 is 5.19. The molecule has 1 aromatic rings. The molecule has 0 fully saturated rings. The number of rotatable bonds is 1. The van der Waals surface area contributed by atoms with Gasteiger partial charge < -0.3 is 0 Å². The van der Waals surface area contributed by atoms with Crippen molar-refractivity contribution in [3.63, 3.8) is 0 Å². The fourth-order valence-electron chi connectivity index (χ4n) is 0.693. The third-order valence-corrected chi connectivity index (χ3v) is 2.66. The van der Waals surface area contributed by atoms with Crippen LogP contribution in [0.3, 0.4) is 0 Å². The summed E-state index contributed by atoms with van der Waals surface area (Å²) in [6.07, 6.45) is 0. The van der Waals surface area contributed by atoms with E-state index in [2.05, 4.69) is 0 Å². The molecular weight excluding hydrogens is 219 g/mol. The van der Waals surface area contributed by atoms with Gasteiger partial charge >= 0.3 is 80.9 Å². The van der Waals surface area contributed by atoms with E-state index in [1.807, 2.05) is 0 Å². The summed E-state index contributed by atoms with van der Waals surface area (Å²) in [4.78, 5) is 11.0. The molecule has 0 aliphatic rings. The SMILES string of the molecule is O=C(Cl)c1ccc([S-](#[O+])Cl)cc1. The zero-order valence-corrected chi connectivity index (χ0v) is 8.12. The van der Waals surface area contributed by atoms with Crippen LogP contribution < -0.4 is 0 Å². The number of halogens is 2. The van der Waals surface area contributed by atoms with Crippen molar-refractivity contribution >= 4 is 37.4 Å². The minimum atomic E-state index is -1.53. The monoisotopic (exact) mass is 222 g/mol. The molecule has 1 rings (SSSR count). The van der Waals surface area contributed by atoms with E-state index in [0.717, 1.165) is 0 Å². The first kappa shape index (κ1) is 9.86. The third-order valence-electron chi connectivity index (χ3n) is 1.27. The van der Waals surface area contributed by atoms with E-state index in [1.54, 1.807) is 0 Å². The molecule has 0 saturated carbocycles. The van der Waals surface area contributed by atoms with Crippen molar-refractivity contribution in [1.29, 1.82) is 0 Å². The summed E-state index contributed by atoms with van der Waals surface area (Å²) in [5.74, 6) is 0. The first-order chi connectivity index (χ1) is 5.61.